The number of hydrogen-bond acceptors (Lipinski definition) is 3. The fourth-order valence-electron chi connectivity index (χ4n) is 2.17. The largest absolute Gasteiger partial charge is 0.356 e. The van der Waals surface area contributed by atoms with Crippen LogP contribution in [-0.4, -0.2) is 25.5 Å². The van der Waals surface area contributed by atoms with Gasteiger partial charge in [-0.05, 0) is 60.3 Å². The van der Waals surface area contributed by atoms with Crippen molar-refractivity contribution < 1.29 is 4.79 Å². The third-order valence-corrected chi connectivity index (χ3v) is 4.96. The predicted molar refractivity (Wildman–Crippen MR) is 78.9 cm³/mol. The molecule has 0 saturated carbocycles. The SMILES string of the molecule is O=C(CCc1cc(Br)cs1)NCC1CCCNC1. The molecular formula is C13H19BrN2OS. The van der Waals surface area contributed by atoms with Gasteiger partial charge in [0.25, 0.3) is 0 Å². The highest BCUT2D eigenvalue weighted by atomic mass is 79.9. The zero-order valence-corrected chi connectivity index (χ0v) is 12.8. The first-order valence-electron chi connectivity index (χ1n) is 6.44. The van der Waals surface area contributed by atoms with Crippen LogP contribution in [0.25, 0.3) is 0 Å². The minimum atomic E-state index is 0.171. The number of carbonyl (C=O) groups excluding carboxylic acids is 1. The summed E-state index contributed by atoms with van der Waals surface area (Å²) in [6.45, 7) is 2.98. The van der Waals surface area contributed by atoms with Gasteiger partial charge >= 0.3 is 0 Å². The van der Waals surface area contributed by atoms with Crippen LogP contribution >= 0.6 is 27.3 Å². The third-order valence-electron chi connectivity index (χ3n) is 3.21. The normalized spacial score (nSPS) is 19.7. The number of nitrogens with one attached hydrogen (secondary N) is 2. The molecule has 0 bridgehead atoms. The average molecular weight is 331 g/mol. The quantitative estimate of drug-likeness (QED) is 0.871. The van der Waals surface area contributed by atoms with E-state index >= 15 is 0 Å². The standard InChI is InChI=1S/C13H19BrN2OS/c14-11-6-12(18-9-11)3-4-13(17)16-8-10-2-1-5-15-7-10/h6,9-10,15H,1-5,7-8H2,(H,16,17). The van der Waals surface area contributed by atoms with Crippen LogP contribution in [0.5, 0.6) is 0 Å². The number of thiophene rings is 1. The van der Waals surface area contributed by atoms with E-state index in [1.807, 2.05) is 0 Å². The molecule has 1 aliphatic heterocycles. The zero-order valence-electron chi connectivity index (χ0n) is 10.4. The van der Waals surface area contributed by atoms with Crippen molar-refractivity contribution >= 4 is 33.2 Å². The maximum Gasteiger partial charge on any atom is 0.220 e. The molecule has 0 aromatic carbocycles. The molecule has 1 aromatic rings. The van der Waals surface area contributed by atoms with E-state index in [9.17, 15) is 4.79 Å². The molecule has 1 unspecified atom stereocenters. The number of piperidine rings is 1. The molecule has 3 nitrogen and oxygen atoms in total. The number of aryl methyl sites for hydroxylation is 1. The molecular weight excluding hydrogens is 312 g/mol. The first-order valence-corrected chi connectivity index (χ1v) is 8.11. The minimum Gasteiger partial charge on any atom is -0.356 e. The maximum absolute atomic E-state index is 11.7. The van der Waals surface area contributed by atoms with E-state index < -0.39 is 0 Å². The fraction of sp³-hybridized carbons (Fsp3) is 0.615. The Morgan fingerprint density at radius 2 is 2.50 bits per heavy atom. The molecule has 0 aliphatic carbocycles. The van der Waals surface area contributed by atoms with Crippen LogP contribution in [0.2, 0.25) is 0 Å². The van der Waals surface area contributed by atoms with E-state index in [4.69, 9.17) is 0 Å². The van der Waals surface area contributed by atoms with Crippen molar-refractivity contribution in [2.24, 2.45) is 5.92 Å². The van der Waals surface area contributed by atoms with Crippen molar-refractivity contribution in [3.63, 3.8) is 0 Å². The highest BCUT2D eigenvalue weighted by molar-refractivity contribution is 9.10. The molecule has 18 heavy (non-hydrogen) atoms. The molecule has 1 amide bonds. The van der Waals surface area contributed by atoms with Crippen LogP contribution in [0.15, 0.2) is 15.9 Å². The van der Waals surface area contributed by atoms with E-state index in [1.54, 1.807) is 11.3 Å². The Hall–Kier alpha value is -0.390. The lowest BCUT2D eigenvalue weighted by atomic mass is 10.00. The van der Waals surface area contributed by atoms with E-state index in [0.717, 1.165) is 30.5 Å². The van der Waals surface area contributed by atoms with Crippen molar-refractivity contribution in [3.05, 3.63) is 20.8 Å². The molecule has 0 radical (unpaired) electrons. The zero-order chi connectivity index (χ0) is 12.8. The Kier molecular flexibility index (Phi) is 5.66. The second kappa shape index (κ2) is 7.26. The van der Waals surface area contributed by atoms with Crippen LogP contribution in [0.4, 0.5) is 0 Å². The Balaban J connectivity index is 1.62. The molecule has 2 heterocycles. The number of amides is 1. The van der Waals surface area contributed by atoms with Gasteiger partial charge in [-0.25, -0.2) is 0 Å². The smallest absolute Gasteiger partial charge is 0.220 e. The molecule has 100 valence electrons. The van der Waals surface area contributed by atoms with Gasteiger partial charge in [0.15, 0.2) is 0 Å². The monoisotopic (exact) mass is 330 g/mol. The summed E-state index contributed by atoms with van der Waals surface area (Å²) < 4.78 is 1.11. The third kappa shape index (κ3) is 4.71. The van der Waals surface area contributed by atoms with Gasteiger partial charge in [0.2, 0.25) is 5.91 Å². The summed E-state index contributed by atoms with van der Waals surface area (Å²) >= 11 is 5.13. The average Bonchev–Trinajstić information content (AvgIpc) is 2.81. The second-order valence-electron chi connectivity index (χ2n) is 4.75. The summed E-state index contributed by atoms with van der Waals surface area (Å²) in [7, 11) is 0. The lowest BCUT2D eigenvalue weighted by Gasteiger charge is -2.22. The van der Waals surface area contributed by atoms with Crippen molar-refractivity contribution in [1.29, 1.82) is 0 Å². The fourth-order valence-corrected chi connectivity index (χ4v) is 3.62. The summed E-state index contributed by atoms with van der Waals surface area (Å²) in [5.41, 5.74) is 0. The first-order chi connectivity index (χ1) is 8.74. The van der Waals surface area contributed by atoms with Gasteiger partial charge in [0.05, 0.1) is 0 Å². The number of halogens is 1. The van der Waals surface area contributed by atoms with E-state index in [-0.39, 0.29) is 5.91 Å². The van der Waals surface area contributed by atoms with Gasteiger partial charge in [-0.3, -0.25) is 4.79 Å². The molecule has 5 heteroatoms. The van der Waals surface area contributed by atoms with Gasteiger partial charge in [0.1, 0.15) is 0 Å². The molecule has 1 atom stereocenters. The molecule has 2 rings (SSSR count). The summed E-state index contributed by atoms with van der Waals surface area (Å²) in [6, 6.07) is 2.09. The molecule has 1 aromatic heterocycles. The van der Waals surface area contributed by atoms with Crippen LogP contribution in [0.1, 0.15) is 24.1 Å². The number of carbonyl (C=O) groups is 1. The first kappa shape index (κ1) is 14.0. The van der Waals surface area contributed by atoms with Crippen molar-refractivity contribution in [3.8, 4) is 0 Å². The number of hydrogen-bond donors (Lipinski definition) is 2. The van der Waals surface area contributed by atoms with E-state index in [2.05, 4.69) is 38.0 Å². The van der Waals surface area contributed by atoms with Gasteiger partial charge in [-0.1, -0.05) is 0 Å². The summed E-state index contributed by atoms with van der Waals surface area (Å²) in [5, 5.41) is 8.46. The van der Waals surface area contributed by atoms with Gasteiger partial charge in [0, 0.05) is 27.7 Å². The van der Waals surface area contributed by atoms with Crippen molar-refractivity contribution in [1.82, 2.24) is 10.6 Å². The van der Waals surface area contributed by atoms with Crippen LogP contribution < -0.4 is 10.6 Å². The Labute approximate surface area is 120 Å². The van der Waals surface area contributed by atoms with Crippen LogP contribution in [-0.2, 0) is 11.2 Å². The second-order valence-corrected chi connectivity index (χ2v) is 6.66. The molecule has 1 fully saturated rings. The van der Waals surface area contributed by atoms with Crippen molar-refractivity contribution in [2.45, 2.75) is 25.7 Å². The Morgan fingerprint density at radius 3 is 3.17 bits per heavy atom. The number of rotatable bonds is 5. The molecule has 1 saturated heterocycles. The molecule has 0 spiro atoms. The van der Waals surface area contributed by atoms with E-state index in [0.29, 0.717) is 12.3 Å². The Bertz CT molecular complexity index is 388. The molecule has 2 N–H and O–H groups in total. The van der Waals surface area contributed by atoms with E-state index in [1.165, 1.54) is 17.7 Å². The summed E-state index contributed by atoms with van der Waals surface area (Å²) in [6.07, 6.45) is 3.88. The summed E-state index contributed by atoms with van der Waals surface area (Å²) in [4.78, 5) is 13.0. The van der Waals surface area contributed by atoms with Gasteiger partial charge in [-0.15, -0.1) is 11.3 Å². The lowest BCUT2D eigenvalue weighted by Crippen LogP contribution is -2.38. The lowest BCUT2D eigenvalue weighted by molar-refractivity contribution is -0.121. The summed E-state index contributed by atoms with van der Waals surface area (Å²) in [5.74, 6) is 0.781. The van der Waals surface area contributed by atoms with Crippen LogP contribution in [0, 0.1) is 5.92 Å². The van der Waals surface area contributed by atoms with Gasteiger partial charge < -0.3 is 10.6 Å². The van der Waals surface area contributed by atoms with Gasteiger partial charge in [-0.2, -0.15) is 0 Å². The predicted octanol–water partition coefficient (Wildman–Crippen LogP) is 2.56. The van der Waals surface area contributed by atoms with Crippen molar-refractivity contribution in [2.75, 3.05) is 19.6 Å². The Morgan fingerprint density at radius 1 is 1.61 bits per heavy atom. The maximum atomic E-state index is 11.7. The van der Waals surface area contributed by atoms with Crippen LogP contribution in [0.3, 0.4) is 0 Å². The topological polar surface area (TPSA) is 41.1 Å². The minimum absolute atomic E-state index is 0.171. The molecule has 1 aliphatic rings. The highest BCUT2D eigenvalue weighted by Gasteiger charge is 2.13. The highest BCUT2D eigenvalue weighted by Crippen LogP contribution is 2.20.